The van der Waals surface area contributed by atoms with E-state index in [0.29, 0.717) is 11.7 Å². The molecule has 5 heteroatoms. The van der Waals surface area contributed by atoms with Crippen LogP contribution in [0.5, 0.6) is 0 Å². The Bertz CT molecular complexity index is 732. The molecule has 0 radical (unpaired) electrons. The first-order chi connectivity index (χ1) is 10.1. The van der Waals surface area contributed by atoms with E-state index < -0.39 is 6.04 Å². The second-order valence-electron chi connectivity index (χ2n) is 4.98. The molecule has 3 aromatic rings. The summed E-state index contributed by atoms with van der Waals surface area (Å²) in [6.07, 6.45) is 0. The molecule has 106 valence electrons. The molecule has 0 aliphatic carbocycles. The highest BCUT2D eigenvalue weighted by Crippen LogP contribution is 2.22. The molecule has 21 heavy (non-hydrogen) atoms. The number of aryl methyl sites for hydroxylation is 2. The summed E-state index contributed by atoms with van der Waals surface area (Å²) in [5.41, 5.74) is 9.82. The van der Waals surface area contributed by atoms with Crippen molar-refractivity contribution in [3.05, 3.63) is 65.3 Å². The van der Waals surface area contributed by atoms with E-state index in [9.17, 15) is 0 Å². The molecule has 2 N–H and O–H groups in total. The molecule has 0 aliphatic heterocycles. The Kier molecular flexibility index (Phi) is 3.50. The van der Waals surface area contributed by atoms with Gasteiger partial charge in [0, 0.05) is 17.0 Å². The van der Waals surface area contributed by atoms with Gasteiger partial charge in [-0.15, -0.1) is 0 Å². The van der Waals surface area contributed by atoms with E-state index in [2.05, 4.69) is 15.1 Å². The number of aromatic nitrogens is 3. The molecule has 0 bridgehead atoms. The van der Waals surface area contributed by atoms with Crippen molar-refractivity contribution in [3.63, 3.8) is 0 Å². The van der Waals surface area contributed by atoms with E-state index in [0.717, 1.165) is 22.5 Å². The van der Waals surface area contributed by atoms with E-state index >= 15 is 0 Å². The van der Waals surface area contributed by atoms with Crippen molar-refractivity contribution < 1.29 is 4.52 Å². The highest BCUT2D eigenvalue weighted by atomic mass is 16.5. The zero-order valence-corrected chi connectivity index (χ0v) is 11.9. The first-order valence-corrected chi connectivity index (χ1v) is 6.73. The molecule has 2 heterocycles. The van der Waals surface area contributed by atoms with E-state index in [4.69, 9.17) is 10.3 Å². The molecular formula is C16H16N4O. The van der Waals surface area contributed by atoms with Crippen molar-refractivity contribution in [3.8, 4) is 11.4 Å². The average molecular weight is 280 g/mol. The molecular weight excluding hydrogens is 264 g/mol. The summed E-state index contributed by atoms with van der Waals surface area (Å²) in [5, 5.41) is 4.02. The fraction of sp³-hybridized carbons (Fsp3) is 0.188. The first kappa shape index (κ1) is 13.5. The molecule has 0 fully saturated rings. The number of benzene rings is 1. The lowest BCUT2D eigenvalue weighted by Crippen LogP contribution is -2.11. The van der Waals surface area contributed by atoms with Gasteiger partial charge in [-0.25, -0.2) is 0 Å². The third-order valence-electron chi connectivity index (χ3n) is 3.21. The van der Waals surface area contributed by atoms with Gasteiger partial charge in [-0.2, -0.15) is 4.98 Å². The molecule has 2 aromatic heterocycles. The first-order valence-electron chi connectivity index (χ1n) is 6.73. The van der Waals surface area contributed by atoms with Crippen LogP contribution in [0, 0.1) is 13.8 Å². The average Bonchev–Trinajstić information content (AvgIpc) is 2.96. The Balaban J connectivity index is 1.93. The van der Waals surface area contributed by atoms with Gasteiger partial charge in [-0.3, -0.25) is 4.98 Å². The largest absolute Gasteiger partial charge is 0.337 e. The topological polar surface area (TPSA) is 77.8 Å². The van der Waals surface area contributed by atoms with E-state index in [1.54, 1.807) is 0 Å². The number of nitrogens with two attached hydrogens (primary N) is 1. The van der Waals surface area contributed by atoms with Crippen molar-refractivity contribution in [1.82, 2.24) is 15.1 Å². The minimum Gasteiger partial charge on any atom is -0.337 e. The predicted molar refractivity (Wildman–Crippen MR) is 79.5 cm³/mol. The summed E-state index contributed by atoms with van der Waals surface area (Å²) in [7, 11) is 0. The Morgan fingerprint density at radius 3 is 2.33 bits per heavy atom. The van der Waals surface area contributed by atoms with Gasteiger partial charge in [0.05, 0.1) is 0 Å². The van der Waals surface area contributed by atoms with Crippen LogP contribution in [-0.4, -0.2) is 15.1 Å². The Morgan fingerprint density at radius 1 is 1.00 bits per heavy atom. The minimum absolute atomic E-state index is 0.406. The SMILES string of the molecule is Cc1cc(-c2noc([C@@H](N)c3ccccc3)n2)cc(C)n1. The highest BCUT2D eigenvalue weighted by molar-refractivity contribution is 5.55. The van der Waals surface area contributed by atoms with Crippen molar-refractivity contribution in [2.45, 2.75) is 19.9 Å². The quantitative estimate of drug-likeness (QED) is 0.798. The molecule has 0 spiro atoms. The van der Waals surface area contributed by atoms with Gasteiger partial charge in [0.1, 0.15) is 6.04 Å². The monoisotopic (exact) mass is 280 g/mol. The minimum atomic E-state index is -0.420. The fourth-order valence-corrected chi connectivity index (χ4v) is 2.25. The third-order valence-corrected chi connectivity index (χ3v) is 3.21. The zero-order chi connectivity index (χ0) is 14.8. The van der Waals surface area contributed by atoms with Gasteiger partial charge in [0.15, 0.2) is 0 Å². The molecule has 0 saturated heterocycles. The maximum Gasteiger partial charge on any atom is 0.248 e. The fourth-order valence-electron chi connectivity index (χ4n) is 2.25. The number of nitrogens with zero attached hydrogens (tertiary/aromatic N) is 3. The summed E-state index contributed by atoms with van der Waals surface area (Å²) < 4.78 is 5.31. The zero-order valence-electron chi connectivity index (χ0n) is 11.9. The van der Waals surface area contributed by atoms with E-state index in [-0.39, 0.29) is 0 Å². The predicted octanol–water partition coefficient (Wildman–Crippen LogP) is 2.80. The molecule has 5 nitrogen and oxygen atoms in total. The molecule has 3 rings (SSSR count). The molecule has 0 unspecified atom stereocenters. The molecule has 1 aromatic carbocycles. The van der Waals surface area contributed by atoms with Crippen LogP contribution >= 0.6 is 0 Å². The Labute approximate surface area is 122 Å². The van der Waals surface area contributed by atoms with Crippen molar-refractivity contribution in [1.29, 1.82) is 0 Å². The summed E-state index contributed by atoms with van der Waals surface area (Å²) in [6.45, 7) is 3.88. The highest BCUT2D eigenvalue weighted by Gasteiger charge is 2.17. The lowest BCUT2D eigenvalue weighted by molar-refractivity contribution is 0.367. The third kappa shape index (κ3) is 2.83. The van der Waals surface area contributed by atoms with Gasteiger partial charge in [-0.1, -0.05) is 35.5 Å². The van der Waals surface area contributed by atoms with Crippen molar-refractivity contribution in [2.24, 2.45) is 5.73 Å². The van der Waals surface area contributed by atoms with Crippen LogP contribution in [-0.2, 0) is 0 Å². The van der Waals surface area contributed by atoms with Crippen molar-refractivity contribution >= 4 is 0 Å². The number of hydrogen-bond acceptors (Lipinski definition) is 5. The smallest absolute Gasteiger partial charge is 0.248 e. The van der Waals surface area contributed by atoms with Gasteiger partial charge in [0.25, 0.3) is 0 Å². The van der Waals surface area contributed by atoms with Gasteiger partial charge in [0.2, 0.25) is 11.7 Å². The van der Waals surface area contributed by atoms with Crippen LogP contribution in [0.15, 0.2) is 47.0 Å². The summed E-state index contributed by atoms with van der Waals surface area (Å²) in [4.78, 5) is 8.75. The molecule has 1 atom stereocenters. The van der Waals surface area contributed by atoms with Crippen LogP contribution < -0.4 is 5.73 Å². The lowest BCUT2D eigenvalue weighted by atomic mass is 10.1. The van der Waals surface area contributed by atoms with E-state index in [1.165, 1.54) is 0 Å². The Hall–Kier alpha value is -2.53. The van der Waals surface area contributed by atoms with Crippen LogP contribution in [0.1, 0.15) is 28.9 Å². The normalized spacial score (nSPS) is 12.3. The maximum atomic E-state index is 6.16. The van der Waals surface area contributed by atoms with Gasteiger partial charge < -0.3 is 10.3 Å². The Morgan fingerprint density at radius 2 is 1.67 bits per heavy atom. The number of hydrogen-bond donors (Lipinski definition) is 1. The van der Waals surface area contributed by atoms with Gasteiger partial charge in [-0.05, 0) is 31.5 Å². The summed E-state index contributed by atoms with van der Waals surface area (Å²) >= 11 is 0. The second-order valence-corrected chi connectivity index (χ2v) is 4.98. The van der Waals surface area contributed by atoms with Crippen LogP contribution in [0.25, 0.3) is 11.4 Å². The van der Waals surface area contributed by atoms with Crippen molar-refractivity contribution in [2.75, 3.05) is 0 Å². The van der Waals surface area contributed by atoms with Gasteiger partial charge >= 0.3 is 0 Å². The summed E-state index contributed by atoms with van der Waals surface area (Å²) in [6, 6.07) is 13.1. The standard InChI is InChI=1S/C16H16N4O/c1-10-8-13(9-11(2)18-10)15-19-16(21-20-15)14(17)12-6-4-3-5-7-12/h3-9,14H,17H2,1-2H3/t14-/m0/s1. The maximum absolute atomic E-state index is 6.16. The summed E-state index contributed by atoms with van der Waals surface area (Å²) in [5.74, 6) is 0.938. The van der Waals surface area contributed by atoms with Crippen LogP contribution in [0.2, 0.25) is 0 Å². The molecule has 0 saturated carbocycles. The second kappa shape index (κ2) is 5.46. The number of rotatable bonds is 3. The van der Waals surface area contributed by atoms with E-state index in [1.807, 2.05) is 56.3 Å². The molecule has 0 aliphatic rings. The lowest BCUT2D eigenvalue weighted by Gasteiger charge is -2.05. The van der Waals surface area contributed by atoms with Crippen LogP contribution in [0.3, 0.4) is 0 Å². The molecule has 0 amide bonds. The van der Waals surface area contributed by atoms with Crippen LogP contribution in [0.4, 0.5) is 0 Å². The number of pyridine rings is 1.